The molecular weight excluding hydrogens is 208 g/mol. The SMILES string of the molecule is OCC(CO)NCc1ccc2ncoc2c1. The molecule has 0 amide bonds. The Kier molecular flexibility index (Phi) is 3.51. The number of hydrogen-bond donors (Lipinski definition) is 3. The summed E-state index contributed by atoms with van der Waals surface area (Å²) in [6, 6.07) is 5.42. The average molecular weight is 222 g/mol. The van der Waals surface area contributed by atoms with Crippen LogP contribution in [0.4, 0.5) is 0 Å². The maximum Gasteiger partial charge on any atom is 0.181 e. The van der Waals surface area contributed by atoms with E-state index in [2.05, 4.69) is 10.3 Å². The third-order valence-electron chi connectivity index (χ3n) is 2.43. The van der Waals surface area contributed by atoms with Crippen LogP contribution >= 0.6 is 0 Å². The van der Waals surface area contributed by atoms with E-state index in [1.807, 2.05) is 18.2 Å². The van der Waals surface area contributed by atoms with E-state index >= 15 is 0 Å². The number of aromatic nitrogens is 1. The van der Waals surface area contributed by atoms with Gasteiger partial charge in [0, 0.05) is 6.54 Å². The Morgan fingerprint density at radius 3 is 2.88 bits per heavy atom. The van der Waals surface area contributed by atoms with Crippen molar-refractivity contribution in [2.24, 2.45) is 0 Å². The smallest absolute Gasteiger partial charge is 0.181 e. The molecule has 2 rings (SSSR count). The molecule has 1 heterocycles. The van der Waals surface area contributed by atoms with E-state index in [4.69, 9.17) is 14.6 Å². The summed E-state index contributed by atoms with van der Waals surface area (Å²) in [6.45, 7) is 0.407. The predicted molar refractivity (Wildman–Crippen MR) is 58.8 cm³/mol. The van der Waals surface area contributed by atoms with E-state index in [1.165, 1.54) is 6.39 Å². The summed E-state index contributed by atoms with van der Waals surface area (Å²) in [7, 11) is 0. The van der Waals surface area contributed by atoms with Crippen molar-refractivity contribution in [3.63, 3.8) is 0 Å². The van der Waals surface area contributed by atoms with Gasteiger partial charge in [0.15, 0.2) is 12.0 Å². The van der Waals surface area contributed by atoms with Crippen molar-refractivity contribution in [3.05, 3.63) is 30.2 Å². The van der Waals surface area contributed by atoms with Gasteiger partial charge in [0.25, 0.3) is 0 Å². The second-order valence-corrected chi connectivity index (χ2v) is 3.60. The number of rotatable bonds is 5. The number of nitrogens with one attached hydrogen (secondary N) is 1. The first kappa shape index (κ1) is 11.1. The minimum absolute atomic E-state index is 0.0823. The molecule has 0 aliphatic rings. The summed E-state index contributed by atoms with van der Waals surface area (Å²) in [4.78, 5) is 4.02. The average Bonchev–Trinajstić information content (AvgIpc) is 2.77. The molecule has 0 aliphatic heterocycles. The number of aliphatic hydroxyl groups excluding tert-OH is 2. The highest BCUT2D eigenvalue weighted by molar-refractivity contribution is 5.72. The molecule has 0 radical (unpaired) electrons. The zero-order valence-corrected chi connectivity index (χ0v) is 8.76. The summed E-state index contributed by atoms with van der Waals surface area (Å²) in [5.41, 5.74) is 2.59. The van der Waals surface area contributed by atoms with Gasteiger partial charge in [-0.15, -0.1) is 0 Å². The maximum atomic E-state index is 8.89. The largest absolute Gasteiger partial charge is 0.443 e. The number of aliphatic hydroxyl groups is 2. The van der Waals surface area contributed by atoms with Crippen LogP contribution in [0.3, 0.4) is 0 Å². The van der Waals surface area contributed by atoms with E-state index < -0.39 is 0 Å². The summed E-state index contributed by atoms with van der Waals surface area (Å²) in [5.74, 6) is 0. The zero-order chi connectivity index (χ0) is 11.4. The second-order valence-electron chi connectivity index (χ2n) is 3.60. The Labute approximate surface area is 92.7 Å². The van der Waals surface area contributed by atoms with Crippen LogP contribution < -0.4 is 5.32 Å². The van der Waals surface area contributed by atoms with Gasteiger partial charge in [0.1, 0.15) is 5.52 Å². The van der Waals surface area contributed by atoms with Crippen molar-refractivity contribution in [2.45, 2.75) is 12.6 Å². The number of hydrogen-bond acceptors (Lipinski definition) is 5. The van der Waals surface area contributed by atoms with Crippen LogP contribution in [0.5, 0.6) is 0 Å². The van der Waals surface area contributed by atoms with Crippen LogP contribution in [0.25, 0.3) is 11.1 Å². The van der Waals surface area contributed by atoms with Gasteiger partial charge >= 0.3 is 0 Å². The molecule has 0 bridgehead atoms. The van der Waals surface area contributed by atoms with Crippen molar-refractivity contribution in [3.8, 4) is 0 Å². The van der Waals surface area contributed by atoms with Gasteiger partial charge in [-0.25, -0.2) is 4.98 Å². The van der Waals surface area contributed by atoms with Gasteiger partial charge in [-0.1, -0.05) is 6.07 Å². The highest BCUT2D eigenvalue weighted by Gasteiger charge is 2.05. The van der Waals surface area contributed by atoms with E-state index in [-0.39, 0.29) is 19.3 Å². The predicted octanol–water partition coefficient (Wildman–Crippen LogP) is 0.271. The Morgan fingerprint density at radius 1 is 1.31 bits per heavy atom. The van der Waals surface area contributed by atoms with E-state index in [0.29, 0.717) is 6.54 Å². The fraction of sp³-hybridized carbons (Fsp3) is 0.364. The molecule has 0 aliphatic carbocycles. The first-order valence-electron chi connectivity index (χ1n) is 5.10. The summed E-state index contributed by atoms with van der Waals surface area (Å²) in [5, 5.41) is 20.8. The molecular formula is C11H14N2O3. The minimum Gasteiger partial charge on any atom is -0.443 e. The van der Waals surface area contributed by atoms with Crippen molar-refractivity contribution in [1.82, 2.24) is 10.3 Å². The van der Waals surface area contributed by atoms with Gasteiger partial charge in [0.05, 0.1) is 19.3 Å². The third kappa shape index (κ3) is 2.38. The standard InChI is InChI=1S/C11H14N2O3/c14-5-9(6-15)12-4-8-1-2-10-11(3-8)16-7-13-10/h1-3,7,9,12,14-15H,4-6H2. The van der Waals surface area contributed by atoms with E-state index in [0.717, 1.165) is 16.7 Å². The molecule has 1 aromatic heterocycles. The van der Waals surface area contributed by atoms with Crippen molar-refractivity contribution >= 4 is 11.1 Å². The Bertz CT molecular complexity index is 451. The van der Waals surface area contributed by atoms with Gasteiger partial charge in [-0.2, -0.15) is 0 Å². The first-order chi connectivity index (χ1) is 7.83. The highest BCUT2D eigenvalue weighted by Crippen LogP contribution is 2.14. The zero-order valence-electron chi connectivity index (χ0n) is 8.76. The molecule has 2 aromatic rings. The Morgan fingerprint density at radius 2 is 2.12 bits per heavy atom. The highest BCUT2D eigenvalue weighted by atomic mass is 16.3. The summed E-state index contributed by atoms with van der Waals surface area (Å²) in [6.07, 6.45) is 1.41. The van der Waals surface area contributed by atoms with Gasteiger partial charge in [0.2, 0.25) is 0 Å². The van der Waals surface area contributed by atoms with E-state index in [1.54, 1.807) is 0 Å². The first-order valence-corrected chi connectivity index (χ1v) is 5.10. The van der Waals surface area contributed by atoms with Crippen molar-refractivity contribution in [1.29, 1.82) is 0 Å². The number of fused-ring (bicyclic) bond motifs is 1. The monoisotopic (exact) mass is 222 g/mol. The fourth-order valence-corrected chi connectivity index (χ4v) is 1.46. The summed E-state index contributed by atoms with van der Waals surface area (Å²) >= 11 is 0. The number of nitrogens with zero attached hydrogens (tertiary/aromatic N) is 1. The lowest BCUT2D eigenvalue weighted by molar-refractivity contribution is 0.170. The maximum absolute atomic E-state index is 8.89. The Balaban J connectivity index is 2.03. The third-order valence-corrected chi connectivity index (χ3v) is 2.43. The lowest BCUT2D eigenvalue weighted by atomic mass is 10.2. The van der Waals surface area contributed by atoms with Crippen molar-refractivity contribution in [2.75, 3.05) is 13.2 Å². The number of benzene rings is 1. The lowest BCUT2D eigenvalue weighted by Crippen LogP contribution is -2.35. The fourth-order valence-electron chi connectivity index (χ4n) is 1.46. The van der Waals surface area contributed by atoms with Crippen LogP contribution in [0.15, 0.2) is 29.0 Å². The molecule has 86 valence electrons. The number of oxazole rings is 1. The van der Waals surface area contributed by atoms with Crippen LogP contribution in [0.2, 0.25) is 0 Å². The van der Waals surface area contributed by atoms with Crippen LogP contribution in [0, 0.1) is 0 Å². The molecule has 5 heteroatoms. The van der Waals surface area contributed by atoms with Gasteiger partial charge in [-0.3, -0.25) is 0 Å². The quantitative estimate of drug-likeness (QED) is 0.676. The van der Waals surface area contributed by atoms with Crippen LogP contribution in [-0.2, 0) is 6.54 Å². The lowest BCUT2D eigenvalue weighted by Gasteiger charge is -2.12. The Hall–Kier alpha value is -1.43. The van der Waals surface area contributed by atoms with E-state index in [9.17, 15) is 0 Å². The molecule has 0 saturated carbocycles. The second kappa shape index (κ2) is 5.07. The molecule has 0 saturated heterocycles. The molecule has 0 fully saturated rings. The molecule has 3 N–H and O–H groups in total. The van der Waals surface area contributed by atoms with Crippen LogP contribution in [-0.4, -0.2) is 34.5 Å². The molecule has 0 atom stereocenters. The van der Waals surface area contributed by atoms with Crippen molar-refractivity contribution < 1.29 is 14.6 Å². The molecule has 0 unspecified atom stereocenters. The minimum atomic E-state index is -0.287. The summed E-state index contributed by atoms with van der Waals surface area (Å²) < 4.78 is 5.18. The van der Waals surface area contributed by atoms with Crippen LogP contribution in [0.1, 0.15) is 5.56 Å². The topological polar surface area (TPSA) is 78.5 Å². The molecule has 0 spiro atoms. The van der Waals surface area contributed by atoms with Gasteiger partial charge < -0.3 is 19.9 Å². The molecule has 1 aromatic carbocycles. The normalized spacial score (nSPS) is 11.4. The van der Waals surface area contributed by atoms with Gasteiger partial charge in [-0.05, 0) is 17.7 Å². The molecule has 5 nitrogen and oxygen atoms in total. The molecule has 16 heavy (non-hydrogen) atoms.